The number of amides is 1. The van der Waals surface area contributed by atoms with E-state index in [9.17, 15) is 26.4 Å². The molecule has 2 aromatic rings. The van der Waals surface area contributed by atoms with Crippen molar-refractivity contribution < 1.29 is 31.1 Å². The van der Waals surface area contributed by atoms with Gasteiger partial charge in [-0.25, -0.2) is 8.42 Å². The minimum absolute atomic E-state index is 0.0833. The molecule has 1 aliphatic rings. The molecular formula is C23H27F3N2O4S. The highest BCUT2D eigenvalue weighted by molar-refractivity contribution is 7.92. The van der Waals surface area contributed by atoms with E-state index < -0.39 is 27.2 Å². The number of carbonyl (C=O) groups excluding carboxylic acids is 1. The molecule has 1 amide bonds. The van der Waals surface area contributed by atoms with Gasteiger partial charge >= 0.3 is 6.18 Å². The number of halogens is 3. The van der Waals surface area contributed by atoms with Gasteiger partial charge in [0.2, 0.25) is 5.91 Å². The second kappa shape index (κ2) is 8.89. The third kappa shape index (κ3) is 5.61. The number of fused-ring (bicyclic) bond motifs is 1. The number of ether oxygens (including phenoxy) is 1. The van der Waals surface area contributed by atoms with Gasteiger partial charge in [0, 0.05) is 12.6 Å². The number of benzene rings is 2. The summed E-state index contributed by atoms with van der Waals surface area (Å²) in [6.45, 7) is 8.31. The monoisotopic (exact) mass is 484 g/mol. The first-order valence-electron chi connectivity index (χ1n) is 10.5. The maximum absolute atomic E-state index is 13.1. The summed E-state index contributed by atoms with van der Waals surface area (Å²) in [5, 5.41) is 0. The van der Waals surface area contributed by atoms with Gasteiger partial charge in [-0.05, 0) is 62.6 Å². The Balaban J connectivity index is 1.90. The van der Waals surface area contributed by atoms with Gasteiger partial charge in [-0.3, -0.25) is 9.52 Å². The van der Waals surface area contributed by atoms with E-state index in [4.69, 9.17) is 4.74 Å². The van der Waals surface area contributed by atoms with Crippen LogP contribution in [0.1, 0.15) is 39.7 Å². The van der Waals surface area contributed by atoms with E-state index in [1.54, 1.807) is 24.8 Å². The molecule has 33 heavy (non-hydrogen) atoms. The van der Waals surface area contributed by atoms with Gasteiger partial charge in [-0.2, -0.15) is 13.2 Å². The Hall–Kier alpha value is -2.75. The molecule has 0 spiro atoms. The molecule has 0 saturated heterocycles. The topological polar surface area (TPSA) is 75.7 Å². The maximum atomic E-state index is 13.1. The van der Waals surface area contributed by atoms with Crippen LogP contribution in [0.25, 0.3) is 0 Å². The lowest BCUT2D eigenvalue weighted by Gasteiger charge is -2.28. The Labute approximate surface area is 191 Å². The van der Waals surface area contributed by atoms with Crippen molar-refractivity contribution in [1.82, 2.24) is 0 Å². The number of hydrogen-bond donors (Lipinski definition) is 1. The van der Waals surface area contributed by atoms with Gasteiger partial charge < -0.3 is 9.64 Å². The summed E-state index contributed by atoms with van der Waals surface area (Å²) in [5.74, 6) is 0.647. The largest absolute Gasteiger partial charge is 0.490 e. The smallest absolute Gasteiger partial charge is 0.416 e. The van der Waals surface area contributed by atoms with Crippen LogP contribution in [-0.4, -0.2) is 27.5 Å². The predicted octanol–water partition coefficient (Wildman–Crippen LogP) is 5.30. The fraction of sp³-hybridized carbons (Fsp3) is 0.435. The zero-order valence-electron chi connectivity index (χ0n) is 18.9. The molecule has 0 radical (unpaired) electrons. The van der Waals surface area contributed by atoms with Crippen molar-refractivity contribution in [1.29, 1.82) is 0 Å². The van der Waals surface area contributed by atoms with E-state index in [0.717, 1.165) is 30.7 Å². The molecule has 0 atom stereocenters. The zero-order valence-corrected chi connectivity index (χ0v) is 19.7. The average Bonchev–Trinajstić information content (AvgIpc) is 2.80. The molecule has 2 aromatic carbocycles. The third-order valence-electron chi connectivity index (χ3n) is 5.34. The van der Waals surface area contributed by atoms with Crippen LogP contribution < -0.4 is 14.4 Å². The highest BCUT2D eigenvalue weighted by atomic mass is 32.2. The quantitative estimate of drug-likeness (QED) is 0.604. The minimum Gasteiger partial charge on any atom is -0.490 e. The summed E-state index contributed by atoms with van der Waals surface area (Å²) in [6, 6.07) is 7.83. The molecule has 6 nitrogen and oxygen atoms in total. The SMILES string of the molecule is CC(C)CCN1C(=O)C(C)(C)COc2cc(NS(=O)(=O)c3ccc(C(F)(F)F)cc3)ccc21. The number of sulfonamides is 1. The lowest BCUT2D eigenvalue weighted by molar-refractivity contribution is -0.137. The van der Waals surface area contributed by atoms with Crippen LogP contribution >= 0.6 is 0 Å². The fourth-order valence-corrected chi connectivity index (χ4v) is 4.41. The molecule has 1 heterocycles. The molecule has 10 heteroatoms. The van der Waals surface area contributed by atoms with Crippen LogP contribution in [0.3, 0.4) is 0 Å². The normalized spacial score (nSPS) is 16.2. The second-order valence-electron chi connectivity index (χ2n) is 9.12. The Morgan fingerprint density at radius 1 is 1.12 bits per heavy atom. The number of alkyl halides is 3. The first-order chi connectivity index (χ1) is 15.2. The Morgan fingerprint density at radius 3 is 2.33 bits per heavy atom. The number of hydrogen-bond acceptors (Lipinski definition) is 4. The van der Waals surface area contributed by atoms with E-state index in [-0.39, 0.29) is 23.1 Å². The second-order valence-corrected chi connectivity index (χ2v) is 10.8. The van der Waals surface area contributed by atoms with E-state index in [1.807, 2.05) is 0 Å². The summed E-state index contributed by atoms with van der Waals surface area (Å²) >= 11 is 0. The molecule has 0 fully saturated rings. The lowest BCUT2D eigenvalue weighted by atomic mass is 9.92. The number of carbonyl (C=O) groups is 1. The highest BCUT2D eigenvalue weighted by Gasteiger charge is 2.38. The molecule has 0 unspecified atom stereocenters. The number of nitrogens with zero attached hydrogens (tertiary/aromatic N) is 1. The average molecular weight is 485 g/mol. The standard InChI is InChI=1S/C23H27F3N2O4S/c1-15(2)11-12-28-19-10-7-17(13-20(19)32-14-22(3,4)21(28)29)27-33(30,31)18-8-5-16(6-9-18)23(24,25)26/h5-10,13,15,27H,11-12,14H2,1-4H3. The van der Waals surface area contributed by atoms with Gasteiger partial charge in [-0.1, -0.05) is 13.8 Å². The van der Waals surface area contributed by atoms with Crippen LogP contribution in [-0.2, 0) is 21.0 Å². The van der Waals surface area contributed by atoms with E-state index in [0.29, 0.717) is 23.9 Å². The van der Waals surface area contributed by atoms with Crippen LogP contribution in [0.4, 0.5) is 24.5 Å². The van der Waals surface area contributed by atoms with Crippen LogP contribution in [0.15, 0.2) is 47.4 Å². The Kier molecular flexibility index (Phi) is 6.70. The van der Waals surface area contributed by atoms with Crippen LogP contribution in [0.2, 0.25) is 0 Å². The van der Waals surface area contributed by atoms with Gasteiger partial charge in [-0.15, -0.1) is 0 Å². The first-order valence-corrected chi connectivity index (χ1v) is 12.0. The van der Waals surface area contributed by atoms with E-state index >= 15 is 0 Å². The van der Waals surface area contributed by atoms with Crippen molar-refractivity contribution in [2.45, 2.75) is 45.2 Å². The molecule has 0 aromatic heterocycles. The maximum Gasteiger partial charge on any atom is 0.416 e. The molecule has 180 valence electrons. The summed E-state index contributed by atoms with van der Waals surface area (Å²) in [5.41, 5.74) is -0.988. The Bertz CT molecular complexity index is 1130. The van der Waals surface area contributed by atoms with Gasteiger partial charge in [0.05, 0.1) is 27.2 Å². The molecular weight excluding hydrogens is 457 g/mol. The number of rotatable bonds is 6. The fourth-order valence-electron chi connectivity index (χ4n) is 3.36. The molecule has 1 aliphatic heterocycles. The van der Waals surface area contributed by atoms with Crippen molar-refractivity contribution in [3.8, 4) is 5.75 Å². The summed E-state index contributed by atoms with van der Waals surface area (Å²) in [7, 11) is -4.13. The van der Waals surface area contributed by atoms with Crippen molar-refractivity contribution >= 4 is 27.3 Å². The Morgan fingerprint density at radius 2 is 1.76 bits per heavy atom. The van der Waals surface area contributed by atoms with Crippen LogP contribution in [0.5, 0.6) is 5.75 Å². The summed E-state index contributed by atoms with van der Waals surface area (Å²) in [4.78, 5) is 14.5. The van der Waals surface area contributed by atoms with E-state index in [1.165, 1.54) is 12.1 Å². The highest BCUT2D eigenvalue weighted by Crippen LogP contribution is 2.39. The molecule has 0 aliphatic carbocycles. The van der Waals surface area contributed by atoms with Crippen molar-refractivity contribution in [3.05, 3.63) is 48.0 Å². The lowest BCUT2D eigenvalue weighted by Crippen LogP contribution is -2.42. The molecule has 0 bridgehead atoms. The third-order valence-corrected chi connectivity index (χ3v) is 6.73. The van der Waals surface area contributed by atoms with E-state index in [2.05, 4.69) is 18.6 Å². The number of anilines is 2. The van der Waals surface area contributed by atoms with Gasteiger partial charge in [0.1, 0.15) is 12.4 Å². The van der Waals surface area contributed by atoms with Gasteiger partial charge in [0.25, 0.3) is 10.0 Å². The molecule has 1 N–H and O–H groups in total. The zero-order chi connectivity index (χ0) is 24.6. The summed E-state index contributed by atoms with van der Waals surface area (Å²) in [6.07, 6.45) is -3.78. The number of nitrogens with one attached hydrogen (secondary N) is 1. The minimum atomic E-state index is -4.56. The molecule has 0 saturated carbocycles. The van der Waals surface area contributed by atoms with Crippen molar-refractivity contribution in [3.63, 3.8) is 0 Å². The van der Waals surface area contributed by atoms with Crippen molar-refractivity contribution in [2.75, 3.05) is 22.8 Å². The first kappa shape index (κ1) is 24.9. The van der Waals surface area contributed by atoms with Gasteiger partial charge in [0.15, 0.2) is 0 Å². The molecule has 3 rings (SSSR count). The van der Waals surface area contributed by atoms with Crippen LogP contribution in [0, 0.1) is 11.3 Å². The van der Waals surface area contributed by atoms with Crippen molar-refractivity contribution in [2.24, 2.45) is 11.3 Å². The summed E-state index contributed by atoms with van der Waals surface area (Å²) < 4.78 is 71.9. The predicted molar refractivity (Wildman–Crippen MR) is 120 cm³/mol.